The van der Waals surface area contributed by atoms with Crippen LogP contribution in [0.1, 0.15) is 31.4 Å². The number of nitro groups is 1. The Morgan fingerprint density at radius 3 is 2.40 bits per heavy atom. The third-order valence-electron chi connectivity index (χ3n) is 5.13. The highest BCUT2D eigenvalue weighted by Gasteiger charge is 2.31. The molecule has 3 rings (SSSR count). The van der Waals surface area contributed by atoms with E-state index in [9.17, 15) is 18.5 Å². The zero-order valence-electron chi connectivity index (χ0n) is 17.1. The zero-order valence-corrected chi connectivity index (χ0v) is 17.9. The van der Waals surface area contributed by atoms with Crippen molar-refractivity contribution in [2.45, 2.75) is 30.7 Å². The average Bonchev–Trinajstić information content (AvgIpc) is 3.29. The number of hydrogen-bond acceptors (Lipinski definition) is 7. The molecule has 0 spiro atoms. The maximum atomic E-state index is 13.2. The second-order valence-corrected chi connectivity index (χ2v) is 8.93. The summed E-state index contributed by atoms with van der Waals surface area (Å²) in [6, 6.07) is 8.82. The van der Waals surface area contributed by atoms with Gasteiger partial charge in [-0.05, 0) is 44.0 Å². The fourth-order valence-corrected chi connectivity index (χ4v) is 5.21. The third-order valence-corrected chi connectivity index (χ3v) is 7.07. The van der Waals surface area contributed by atoms with Gasteiger partial charge in [0, 0.05) is 30.8 Å². The highest BCUT2D eigenvalue weighted by molar-refractivity contribution is 7.89. The van der Waals surface area contributed by atoms with Crippen molar-refractivity contribution in [3.05, 3.63) is 52.1 Å². The van der Waals surface area contributed by atoms with Crippen LogP contribution in [0.4, 0.5) is 11.4 Å². The van der Waals surface area contributed by atoms with Gasteiger partial charge in [0.1, 0.15) is 16.4 Å². The molecule has 30 heavy (non-hydrogen) atoms. The summed E-state index contributed by atoms with van der Waals surface area (Å²) in [6.45, 7) is 2.67. The first-order valence-corrected chi connectivity index (χ1v) is 11.0. The summed E-state index contributed by atoms with van der Waals surface area (Å²) in [4.78, 5) is 10.6. The standard InChI is InChI=1S/C20H25N3O6S/c1-14(17-13-16(28-2)7-9-19(17)29-3)21-18-8-6-15(23(24)25)12-20(18)30(26,27)22-10-4-5-11-22/h6-9,12-14,21H,4-5,10-11H2,1-3H3. The normalized spacial score (nSPS) is 15.6. The zero-order chi connectivity index (χ0) is 21.9. The minimum Gasteiger partial charge on any atom is -0.497 e. The molecular formula is C20H25N3O6S. The molecule has 0 aliphatic carbocycles. The van der Waals surface area contributed by atoms with E-state index in [-0.39, 0.29) is 16.6 Å². The summed E-state index contributed by atoms with van der Waals surface area (Å²) in [6.07, 6.45) is 1.54. The molecule has 1 atom stereocenters. The molecule has 0 saturated carbocycles. The lowest BCUT2D eigenvalue weighted by atomic mass is 10.1. The molecule has 1 saturated heterocycles. The van der Waals surface area contributed by atoms with Gasteiger partial charge >= 0.3 is 0 Å². The Morgan fingerprint density at radius 1 is 1.10 bits per heavy atom. The second-order valence-electron chi connectivity index (χ2n) is 7.02. The summed E-state index contributed by atoms with van der Waals surface area (Å²) in [5, 5.41) is 14.4. The van der Waals surface area contributed by atoms with Crippen molar-refractivity contribution in [2.24, 2.45) is 0 Å². The number of methoxy groups -OCH3 is 2. The van der Waals surface area contributed by atoms with Gasteiger partial charge < -0.3 is 14.8 Å². The first-order valence-electron chi connectivity index (χ1n) is 9.55. The third kappa shape index (κ3) is 4.34. The molecule has 10 heteroatoms. The molecule has 0 aromatic heterocycles. The number of rotatable bonds is 8. The topological polar surface area (TPSA) is 111 Å². The van der Waals surface area contributed by atoms with Gasteiger partial charge in [0.15, 0.2) is 0 Å². The van der Waals surface area contributed by atoms with Gasteiger partial charge in [0.25, 0.3) is 5.69 Å². The molecule has 1 unspecified atom stereocenters. The molecule has 1 fully saturated rings. The highest BCUT2D eigenvalue weighted by atomic mass is 32.2. The summed E-state index contributed by atoms with van der Waals surface area (Å²) in [5.74, 6) is 1.25. The number of nitro benzene ring substituents is 1. The number of nitrogens with one attached hydrogen (secondary N) is 1. The van der Waals surface area contributed by atoms with Crippen LogP contribution in [0.5, 0.6) is 11.5 Å². The van der Waals surface area contributed by atoms with E-state index in [0.717, 1.165) is 24.5 Å². The number of non-ortho nitro benzene ring substituents is 1. The summed E-state index contributed by atoms with van der Waals surface area (Å²) < 4.78 is 38.5. The summed E-state index contributed by atoms with van der Waals surface area (Å²) >= 11 is 0. The molecule has 9 nitrogen and oxygen atoms in total. The predicted molar refractivity (Wildman–Crippen MR) is 113 cm³/mol. The van der Waals surface area contributed by atoms with Crippen LogP contribution >= 0.6 is 0 Å². The lowest BCUT2D eigenvalue weighted by Gasteiger charge is -2.23. The second kappa shape index (κ2) is 8.88. The van der Waals surface area contributed by atoms with E-state index in [1.54, 1.807) is 32.4 Å². The van der Waals surface area contributed by atoms with Crippen LogP contribution in [0, 0.1) is 10.1 Å². The minimum absolute atomic E-state index is 0.104. The van der Waals surface area contributed by atoms with Gasteiger partial charge in [-0.25, -0.2) is 8.42 Å². The van der Waals surface area contributed by atoms with Crippen LogP contribution < -0.4 is 14.8 Å². The van der Waals surface area contributed by atoms with E-state index in [4.69, 9.17) is 9.47 Å². The van der Waals surface area contributed by atoms with Gasteiger partial charge in [0.2, 0.25) is 10.0 Å². The van der Waals surface area contributed by atoms with Crippen molar-refractivity contribution in [3.8, 4) is 11.5 Å². The number of sulfonamides is 1. The average molecular weight is 436 g/mol. The van der Waals surface area contributed by atoms with Crippen molar-refractivity contribution in [1.82, 2.24) is 4.31 Å². The number of hydrogen-bond donors (Lipinski definition) is 1. The van der Waals surface area contributed by atoms with Crippen LogP contribution in [0.25, 0.3) is 0 Å². The molecule has 1 heterocycles. The maximum Gasteiger partial charge on any atom is 0.270 e. The minimum atomic E-state index is -3.87. The maximum absolute atomic E-state index is 13.2. The van der Waals surface area contributed by atoms with E-state index in [1.165, 1.54) is 16.4 Å². The fraction of sp³-hybridized carbons (Fsp3) is 0.400. The van der Waals surface area contributed by atoms with E-state index in [2.05, 4.69) is 5.32 Å². The molecule has 162 valence electrons. The molecule has 1 aliphatic rings. The van der Waals surface area contributed by atoms with Crippen LogP contribution in [0.15, 0.2) is 41.3 Å². The Bertz CT molecular complexity index is 1030. The number of benzene rings is 2. The fourth-order valence-electron chi connectivity index (χ4n) is 3.51. The lowest BCUT2D eigenvalue weighted by molar-refractivity contribution is -0.385. The van der Waals surface area contributed by atoms with E-state index in [1.807, 2.05) is 6.92 Å². The SMILES string of the molecule is COc1ccc(OC)c(C(C)Nc2ccc([N+](=O)[O-])cc2S(=O)(=O)N2CCCC2)c1. The van der Waals surface area contributed by atoms with Crippen molar-refractivity contribution in [2.75, 3.05) is 32.6 Å². The first-order chi connectivity index (χ1) is 14.3. The Balaban J connectivity index is 2.03. The smallest absolute Gasteiger partial charge is 0.270 e. The molecule has 2 aromatic rings. The molecule has 0 amide bonds. The van der Waals surface area contributed by atoms with Crippen LogP contribution in [0.2, 0.25) is 0 Å². The quantitative estimate of drug-likeness (QED) is 0.498. The molecule has 0 bridgehead atoms. The molecular weight excluding hydrogens is 410 g/mol. The Labute approximate surface area is 175 Å². The van der Waals surface area contributed by atoms with Crippen LogP contribution in [0.3, 0.4) is 0 Å². The number of nitrogens with zero attached hydrogens (tertiary/aromatic N) is 2. The molecule has 2 aromatic carbocycles. The Morgan fingerprint density at radius 2 is 1.80 bits per heavy atom. The van der Waals surface area contributed by atoms with Gasteiger partial charge in [-0.3, -0.25) is 10.1 Å². The monoisotopic (exact) mass is 435 g/mol. The van der Waals surface area contributed by atoms with Crippen molar-refractivity contribution >= 4 is 21.4 Å². The highest BCUT2D eigenvalue weighted by Crippen LogP contribution is 2.35. The summed E-state index contributed by atoms with van der Waals surface area (Å²) in [5.41, 5.74) is 0.787. The first kappa shape index (κ1) is 21.8. The largest absolute Gasteiger partial charge is 0.497 e. The lowest BCUT2D eigenvalue weighted by Crippen LogP contribution is -2.28. The van der Waals surface area contributed by atoms with Gasteiger partial charge in [-0.2, -0.15) is 4.31 Å². The summed E-state index contributed by atoms with van der Waals surface area (Å²) in [7, 11) is -0.766. The van der Waals surface area contributed by atoms with Crippen LogP contribution in [-0.2, 0) is 10.0 Å². The number of ether oxygens (including phenoxy) is 2. The number of anilines is 1. The molecule has 1 aliphatic heterocycles. The van der Waals surface area contributed by atoms with Crippen LogP contribution in [-0.4, -0.2) is 45.0 Å². The van der Waals surface area contributed by atoms with Crippen molar-refractivity contribution in [1.29, 1.82) is 0 Å². The van der Waals surface area contributed by atoms with Crippen molar-refractivity contribution < 1.29 is 22.8 Å². The van der Waals surface area contributed by atoms with E-state index >= 15 is 0 Å². The van der Waals surface area contributed by atoms with E-state index in [0.29, 0.717) is 30.3 Å². The van der Waals surface area contributed by atoms with Gasteiger partial charge in [-0.15, -0.1) is 0 Å². The van der Waals surface area contributed by atoms with Gasteiger partial charge in [-0.1, -0.05) is 0 Å². The van der Waals surface area contributed by atoms with Crippen molar-refractivity contribution in [3.63, 3.8) is 0 Å². The Kier molecular flexibility index (Phi) is 6.47. The van der Waals surface area contributed by atoms with Gasteiger partial charge in [0.05, 0.1) is 30.9 Å². The Hall–Kier alpha value is -2.85. The predicted octanol–water partition coefficient (Wildman–Crippen LogP) is 3.57. The van der Waals surface area contributed by atoms with E-state index < -0.39 is 14.9 Å². The molecule has 1 N–H and O–H groups in total. The molecule has 0 radical (unpaired) electrons.